The van der Waals surface area contributed by atoms with E-state index in [2.05, 4.69) is 36.2 Å². The van der Waals surface area contributed by atoms with E-state index in [1.807, 2.05) is 19.1 Å². The lowest BCUT2D eigenvalue weighted by Gasteiger charge is -2.66. The van der Waals surface area contributed by atoms with Crippen molar-refractivity contribution in [1.29, 1.82) is 0 Å². The van der Waals surface area contributed by atoms with E-state index in [-0.39, 0.29) is 17.6 Å². The Morgan fingerprint density at radius 2 is 2.00 bits per heavy atom. The molecule has 5 nitrogen and oxygen atoms in total. The Labute approximate surface area is 189 Å². The number of nitrogens with zero attached hydrogens (tertiary/aromatic N) is 1. The van der Waals surface area contributed by atoms with Crippen molar-refractivity contribution in [1.82, 2.24) is 4.90 Å². The Hall–Kier alpha value is -2.37. The van der Waals surface area contributed by atoms with Crippen molar-refractivity contribution >= 4 is 5.78 Å². The van der Waals surface area contributed by atoms with E-state index < -0.39 is 16.6 Å². The third kappa shape index (κ3) is 2.33. The van der Waals surface area contributed by atoms with Gasteiger partial charge in [-0.05, 0) is 69.8 Å². The number of ketones is 1. The molecule has 2 aliphatic carbocycles. The second-order valence-electron chi connectivity index (χ2n) is 10.2. The summed E-state index contributed by atoms with van der Waals surface area (Å²) in [5.74, 6) is 0.783. The number of benzene rings is 2. The van der Waals surface area contributed by atoms with Crippen LogP contribution < -0.4 is 4.74 Å². The van der Waals surface area contributed by atoms with Crippen molar-refractivity contribution in [3.05, 3.63) is 59.2 Å². The molecule has 4 atom stereocenters. The number of aryl methyl sites for hydroxylation is 1. The molecular weight excluding hydrogens is 402 g/mol. The van der Waals surface area contributed by atoms with Gasteiger partial charge in [0.2, 0.25) is 0 Å². The number of likely N-dealkylation sites (tertiary alicyclic amines) is 1. The van der Waals surface area contributed by atoms with Crippen molar-refractivity contribution in [3.8, 4) is 11.5 Å². The molecule has 168 valence electrons. The van der Waals surface area contributed by atoms with E-state index in [1.54, 1.807) is 6.07 Å². The van der Waals surface area contributed by atoms with Crippen LogP contribution in [-0.2, 0) is 27.8 Å². The first-order valence-corrected chi connectivity index (χ1v) is 11.9. The molecule has 2 heterocycles. The van der Waals surface area contributed by atoms with Crippen LogP contribution in [0.15, 0.2) is 42.5 Å². The summed E-state index contributed by atoms with van der Waals surface area (Å²) in [4.78, 5) is 15.8. The van der Waals surface area contributed by atoms with Crippen LogP contribution in [0.25, 0.3) is 0 Å². The molecule has 2 aromatic carbocycles. The number of hydrogen-bond donors (Lipinski definition) is 1. The third-order valence-corrected chi connectivity index (χ3v) is 8.88. The van der Waals surface area contributed by atoms with Crippen LogP contribution in [0.2, 0.25) is 0 Å². The van der Waals surface area contributed by atoms with Gasteiger partial charge in [-0.3, -0.25) is 4.79 Å². The number of hydrogen-bond acceptors (Lipinski definition) is 5. The highest BCUT2D eigenvalue weighted by atomic mass is 16.5. The van der Waals surface area contributed by atoms with E-state index >= 15 is 0 Å². The summed E-state index contributed by atoms with van der Waals surface area (Å²) in [6.45, 7) is 3.49. The van der Waals surface area contributed by atoms with Crippen LogP contribution in [0.1, 0.15) is 49.3 Å². The highest BCUT2D eigenvalue weighted by Crippen LogP contribution is 2.69. The lowest BCUT2D eigenvalue weighted by atomic mass is 9.45. The number of ether oxygens (including phenoxy) is 2. The van der Waals surface area contributed by atoms with E-state index in [4.69, 9.17) is 9.47 Å². The van der Waals surface area contributed by atoms with Gasteiger partial charge in [0.25, 0.3) is 0 Å². The SMILES string of the molecule is CN1CC[C@]23c4c5ccc(O)c4OC2(C)C(=O)CC[C@@]3(OCCCc2ccccc2)[C@H]1C5. The number of phenolic OH excluding ortho intramolecular Hbond substituents is 1. The second-order valence-corrected chi connectivity index (χ2v) is 10.2. The van der Waals surface area contributed by atoms with Gasteiger partial charge < -0.3 is 19.5 Å². The number of carbonyl (C=O) groups excluding carboxylic acids is 1. The third-order valence-electron chi connectivity index (χ3n) is 8.88. The molecule has 1 N–H and O–H groups in total. The first-order chi connectivity index (χ1) is 15.4. The first kappa shape index (κ1) is 20.3. The smallest absolute Gasteiger partial charge is 0.177 e. The van der Waals surface area contributed by atoms with Gasteiger partial charge in [0.15, 0.2) is 22.9 Å². The van der Waals surface area contributed by atoms with Crippen LogP contribution in [0.5, 0.6) is 11.5 Å². The summed E-state index contributed by atoms with van der Waals surface area (Å²) in [6.07, 6.45) is 4.71. The van der Waals surface area contributed by atoms with E-state index in [0.29, 0.717) is 25.2 Å². The molecule has 1 spiro atoms. The summed E-state index contributed by atoms with van der Waals surface area (Å²) in [5.41, 5.74) is 1.50. The largest absolute Gasteiger partial charge is 0.504 e. The fourth-order valence-electron chi connectivity index (χ4n) is 7.42. The van der Waals surface area contributed by atoms with Gasteiger partial charge in [0, 0.05) is 24.6 Å². The minimum Gasteiger partial charge on any atom is -0.504 e. The van der Waals surface area contributed by atoms with Gasteiger partial charge in [-0.2, -0.15) is 0 Å². The van der Waals surface area contributed by atoms with Gasteiger partial charge in [-0.1, -0.05) is 36.4 Å². The number of likely N-dealkylation sites (N-methyl/N-ethyl adjacent to an activating group) is 1. The van der Waals surface area contributed by atoms with Crippen molar-refractivity contribution in [2.45, 2.75) is 68.1 Å². The molecule has 0 aromatic heterocycles. The monoisotopic (exact) mass is 433 g/mol. The van der Waals surface area contributed by atoms with Crippen LogP contribution in [0, 0.1) is 0 Å². The minimum absolute atomic E-state index is 0.132. The summed E-state index contributed by atoms with van der Waals surface area (Å²) in [5, 5.41) is 10.7. The lowest BCUT2D eigenvalue weighted by molar-refractivity contribution is -0.228. The zero-order chi connectivity index (χ0) is 22.1. The normalized spacial score (nSPS) is 34.8. The molecule has 4 aliphatic rings. The van der Waals surface area contributed by atoms with E-state index in [0.717, 1.165) is 37.8 Å². The van der Waals surface area contributed by atoms with Crippen LogP contribution in [0.3, 0.4) is 0 Å². The molecule has 5 heteroatoms. The van der Waals surface area contributed by atoms with Crippen LogP contribution in [0.4, 0.5) is 0 Å². The molecule has 1 saturated heterocycles. The number of Topliss-reactive ketones (excluding diaryl/α,β-unsaturated/α-hetero) is 1. The maximum Gasteiger partial charge on any atom is 0.177 e. The molecule has 2 aromatic rings. The topological polar surface area (TPSA) is 59.0 Å². The molecule has 1 saturated carbocycles. The minimum atomic E-state index is -0.999. The number of phenols is 1. The fraction of sp³-hybridized carbons (Fsp3) is 0.519. The quantitative estimate of drug-likeness (QED) is 0.727. The van der Waals surface area contributed by atoms with E-state index in [1.165, 1.54) is 11.1 Å². The first-order valence-electron chi connectivity index (χ1n) is 11.9. The Morgan fingerprint density at radius 3 is 2.81 bits per heavy atom. The molecule has 0 amide bonds. The molecule has 6 rings (SSSR count). The fourth-order valence-corrected chi connectivity index (χ4v) is 7.42. The average molecular weight is 434 g/mol. The Balaban J connectivity index is 1.43. The molecular formula is C27H31NO4. The number of aromatic hydroxyl groups is 1. The maximum absolute atomic E-state index is 13.4. The second kappa shape index (κ2) is 6.82. The predicted molar refractivity (Wildman–Crippen MR) is 121 cm³/mol. The molecule has 2 fully saturated rings. The average Bonchev–Trinajstić information content (AvgIpc) is 3.08. The van der Waals surface area contributed by atoms with Crippen molar-refractivity contribution < 1.29 is 19.4 Å². The number of piperidine rings is 1. The summed E-state index contributed by atoms with van der Waals surface area (Å²) in [7, 11) is 2.18. The highest BCUT2D eigenvalue weighted by molar-refractivity contribution is 5.94. The molecule has 0 radical (unpaired) electrons. The Kier molecular flexibility index (Phi) is 4.31. The van der Waals surface area contributed by atoms with Crippen LogP contribution >= 0.6 is 0 Å². The Bertz CT molecular complexity index is 1080. The zero-order valence-electron chi connectivity index (χ0n) is 18.9. The summed E-state index contributed by atoms with van der Waals surface area (Å²) in [6, 6.07) is 14.4. The lowest BCUT2D eigenvalue weighted by Crippen LogP contribution is -2.80. The molecule has 2 bridgehead atoms. The predicted octanol–water partition coefficient (Wildman–Crippen LogP) is 3.79. The zero-order valence-corrected chi connectivity index (χ0v) is 18.9. The number of rotatable bonds is 5. The van der Waals surface area contributed by atoms with Gasteiger partial charge >= 0.3 is 0 Å². The van der Waals surface area contributed by atoms with Gasteiger partial charge in [-0.25, -0.2) is 0 Å². The standard InChI is InChI=1S/C27H31NO4/c1-25-22(30)12-13-27(31-16-6-9-18-7-4-3-5-8-18)21-17-19-10-11-20(29)24(32-25)23(19)26(25,27)14-15-28(21)2/h3-5,7-8,10-11,21,29H,6,9,12-17H2,1-2H3/t21-,25?,26+,27-/m1/s1. The van der Waals surface area contributed by atoms with Crippen molar-refractivity contribution in [2.75, 3.05) is 20.2 Å². The maximum atomic E-state index is 13.4. The summed E-state index contributed by atoms with van der Waals surface area (Å²) >= 11 is 0. The molecule has 2 aliphatic heterocycles. The van der Waals surface area contributed by atoms with Gasteiger partial charge in [-0.15, -0.1) is 0 Å². The van der Waals surface area contributed by atoms with Crippen molar-refractivity contribution in [2.24, 2.45) is 0 Å². The van der Waals surface area contributed by atoms with Gasteiger partial charge in [0.1, 0.15) is 0 Å². The van der Waals surface area contributed by atoms with E-state index in [9.17, 15) is 9.90 Å². The van der Waals surface area contributed by atoms with Crippen LogP contribution in [-0.4, -0.2) is 53.2 Å². The van der Waals surface area contributed by atoms with Crippen molar-refractivity contribution in [3.63, 3.8) is 0 Å². The molecule has 32 heavy (non-hydrogen) atoms. The molecule has 1 unspecified atom stereocenters. The van der Waals surface area contributed by atoms with Gasteiger partial charge in [0.05, 0.1) is 11.0 Å². The highest BCUT2D eigenvalue weighted by Gasteiger charge is 2.78. The number of carbonyl (C=O) groups is 1. The summed E-state index contributed by atoms with van der Waals surface area (Å²) < 4.78 is 13.4. The Morgan fingerprint density at radius 1 is 1.19 bits per heavy atom.